The summed E-state index contributed by atoms with van der Waals surface area (Å²) < 4.78 is 0. The average Bonchev–Trinajstić information content (AvgIpc) is 3.14. The molecular weight excluding hydrogens is 594 g/mol. The molecule has 0 aliphatic heterocycles. The Morgan fingerprint density at radius 1 is 0.457 bits per heavy atom. The molecule has 0 saturated carbocycles. The van der Waals surface area contributed by atoms with E-state index in [4.69, 9.17) is 4.99 Å². The second-order valence-corrected chi connectivity index (χ2v) is 15.7. The maximum atomic E-state index is 5.41. The predicted octanol–water partition coefficient (Wildman–Crippen LogP) is 8.40. The first-order valence-corrected chi connectivity index (χ1v) is 19.0. The first kappa shape index (κ1) is 31.8. The molecule has 4 heteroatoms. The molecule has 6 rings (SSSR count). The Morgan fingerprint density at radius 2 is 0.826 bits per heavy atom. The summed E-state index contributed by atoms with van der Waals surface area (Å²) in [6.07, 6.45) is 4.13. The molecule has 0 spiro atoms. The lowest BCUT2D eigenvalue weighted by Crippen LogP contribution is -2.30. The van der Waals surface area contributed by atoms with Gasteiger partial charge in [0.1, 0.15) is 0 Å². The zero-order valence-electron chi connectivity index (χ0n) is 26.0. The maximum absolute atomic E-state index is 5.41. The van der Waals surface area contributed by atoms with Crippen LogP contribution in [0.15, 0.2) is 187 Å². The molecule has 0 amide bonds. The minimum Gasteiger partial charge on any atom is -0.307 e. The van der Waals surface area contributed by atoms with Gasteiger partial charge in [0.05, 0.1) is 12.1 Å². The number of benzene rings is 6. The highest BCUT2D eigenvalue weighted by molar-refractivity contribution is 7.73. The summed E-state index contributed by atoms with van der Waals surface area (Å²) in [5.74, 6) is 0. The van der Waals surface area contributed by atoms with E-state index in [0.29, 0.717) is 0 Å². The fourth-order valence-electron chi connectivity index (χ4n) is 5.86. The van der Waals surface area contributed by atoms with Crippen LogP contribution in [0, 0.1) is 0 Å². The Morgan fingerprint density at radius 3 is 1.26 bits per heavy atom. The molecule has 0 bridgehead atoms. The van der Waals surface area contributed by atoms with Crippen molar-refractivity contribution >= 4 is 43.3 Å². The van der Waals surface area contributed by atoms with E-state index in [0.717, 1.165) is 18.9 Å². The lowest BCUT2D eigenvalue weighted by molar-refractivity contribution is 0.469. The largest absolute Gasteiger partial charge is 0.307 e. The molecule has 228 valence electrons. The monoisotopic (exact) mass is 634 g/mol. The Bertz CT molecular complexity index is 1650. The van der Waals surface area contributed by atoms with Gasteiger partial charge in [-0.15, -0.1) is 0 Å². The summed E-state index contributed by atoms with van der Waals surface area (Å²) >= 11 is 0. The van der Waals surface area contributed by atoms with Gasteiger partial charge in [-0.1, -0.05) is 182 Å². The van der Waals surface area contributed by atoms with E-state index in [1.165, 1.54) is 32.3 Å². The fourth-order valence-corrected chi connectivity index (χ4v) is 10.1. The maximum Gasteiger partial charge on any atom is 0.0939 e. The van der Waals surface area contributed by atoms with Gasteiger partial charge in [-0.2, -0.15) is 0 Å². The van der Waals surface area contributed by atoms with E-state index in [1.807, 2.05) is 0 Å². The second kappa shape index (κ2) is 16.9. The highest BCUT2D eigenvalue weighted by atomic mass is 31.1. The van der Waals surface area contributed by atoms with Crippen LogP contribution in [0.1, 0.15) is 23.2 Å². The molecule has 0 heterocycles. The van der Waals surface area contributed by atoms with Gasteiger partial charge in [-0.3, -0.25) is 4.99 Å². The minimum atomic E-state index is -0.562. The third kappa shape index (κ3) is 8.54. The topological polar surface area (TPSA) is 24.4 Å². The van der Waals surface area contributed by atoms with E-state index < -0.39 is 15.8 Å². The molecule has 0 aliphatic rings. The van der Waals surface area contributed by atoms with Gasteiger partial charge in [0, 0.05) is 18.9 Å². The molecule has 0 aromatic heterocycles. The summed E-state index contributed by atoms with van der Waals surface area (Å²) in [7, 11) is -1.06. The molecule has 0 fully saturated rings. The smallest absolute Gasteiger partial charge is 0.0939 e. The number of rotatable bonds is 14. The van der Waals surface area contributed by atoms with Gasteiger partial charge in [-0.05, 0) is 54.4 Å². The van der Waals surface area contributed by atoms with Crippen LogP contribution in [0.4, 0.5) is 0 Å². The molecule has 1 unspecified atom stereocenters. The van der Waals surface area contributed by atoms with Crippen LogP contribution < -0.4 is 26.5 Å². The molecule has 6 aromatic rings. The van der Waals surface area contributed by atoms with Gasteiger partial charge in [-0.25, -0.2) is 0 Å². The van der Waals surface area contributed by atoms with Crippen LogP contribution >= 0.6 is 15.8 Å². The van der Waals surface area contributed by atoms with Crippen molar-refractivity contribution in [2.45, 2.75) is 12.1 Å². The Balaban J connectivity index is 1.29. The fraction of sp³-hybridized carbons (Fsp3) is 0.119. The average molecular weight is 635 g/mol. The van der Waals surface area contributed by atoms with Crippen LogP contribution in [0.2, 0.25) is 0 Å². The molecular formula is C42H40N2P2. The summed E-state index contributed by atoms with van der Waals surface area (Å²) in [5, 5.41) is 9.59. The summed E-state index contributed by atoms with van der Waals surface area (Å²) in [4.78, 5) is 5.41. The third-order valence-corrected chi connectivity index (χ3v) is 13.0. The van der Waals surface area contributed by atoms with Crippen molar-refractivity contribution in [2.75, 3.05) is 18.9 Å². The molecule has 0 aliphatic carbocycles. The van der Waals surface area contributed by atoms with Crippen molar-refractivity contribution < 1.29 is 0 Å². The van der Waals surface area contributed by atoms with Crippen molar-refractivity contribution in [3.05, 3.63) is 193 Å². The Labute approximate surface area is 276 Å². The van der Waals surface area contributed by atoms with Crippen LogP contribution in [0.25, 0.3) is 0 Å². The number of nitrogens with zero attached hydrogens (tertiary/aromatic N) is 1. The highest BCUT2D eigenvalue weighted by Crippen LogP contribution is 2.37. The van der Waals surface area contributed by atoms with Gasteiger partial charge in [0.25, 0.3) is 0 Å². The van der Waals surface area contributed by atoms with Gasteiger partial charge >= 0.3 is 0 Å². The van der Waals surface area contributed by atoms with Crippen molar-refractivity contribution in [1.29, 1.82) is 0 Å². The van der Waals surface area contributed by atoms with Crippen LogP contribution in [0.3, 0.4) is 0 Å². The molecule has 1 N–H and O–H groups in total. The number of nitrogens with one attached hydrogen (secondary N) is 1. The van der Waals surface area contributed by atoms with Crippen molar-refractivity contribution in [3.8, 4) is 0 Å². The predicted molar refractivity (Wildman–Crippen MR) is 203 cm³/mol. The molecule has 6 aromatic carbocycles. The minimum absolute atomic E-state index is 0.0305. The number of hydrogen-bond acceptors (Lipinski definition) is 2. The van der Waals surface area contributed by atoms with Gasteiger partial charge in [0.2, 0.25) is 0 Å². The van der Waals surface area contributed by atoms with Crippen LogP contribution in [0.5, 0.6) is 0 Å². The van der Waals surface area contributed by atoms with E-state index >= 15 is 0 Å². The van der Waals surface area contributed by atoms with Crippen molar-refractivity contribution in [1.82, 2.24) is 5.32 Å². The van der Waals surface area contributed by atoms with Crippen LogP contribution in [-0.2, 0) is 0 Å². The lowest BCUT2D eigenvalue weighted by Gasteiger charge is -2.28. The molecule has 0 saturated heterocycles. The van der Waals surface area contributed by atoms with Crippen molar-refractivity contribution in [3.63, 3.8) is 0 Å². The molecule has 0 radical (unpaired) electrons. The number of hydrogen-bond donors (Lipinski definition) is 1. The normalized spacial score (nSPS) is 12.8. The molecule has 2 nitrogen and oxygen atoms in total. The number of aliphatic imine (C=N–C) groups is 1. The van der Waals surface area contributed by atoms with E-state index in [9.17, 15) is 0 Å². The Kier molecular flexibility index (Phi) is 11.7. The standard InChI is InChI=1S/C42H40N2P2/c1-7-19-35(20-8-1)41(43-31-33-45(37-23-11-3-12-24-37)38-25-13-4-14-26-38)42(36-21-9-2-10-22-36)44-32-34-46(39-27-15-5-16-28-39)40-29-17-6-18-30-40/h1-31,41-42,44H,32-34H2/b43-31+/t41-,42?/m0/s1. The van der Waals surface area contributed by atoms with Crippen LogP contribution in [-0.4, -0.2) is 25.1 Å². The van der Waals surface area contributed by atoms with Crippen molar-refractivity contribution in [2.24, 2.45) is 4.99 Å². The first-order chi connectivity index (χ1) is 22.9. The zero-order chi connectivity index (χ0) is 31.2. The second-order valence-electron chi connectivity index (χ2n) is 11.1. The molecule has 46 heavy (non-hydrogen) atoms. The van der Waals surface area contributed by atoms with Gasteiger partial charge in [0.15, 0.2) is 0 Å². The highest BCUT2D eigenvalue weighted by Gasteiger charge is 2.25. The summed E-state index contributed by atoms with van der Waals surface area (Å²) in [6, 6.07) is 65.4. The Hall–Kier alpha value is -4.19. The summed E-state index contributed by atoms with van der Waals surface area (Å²) in [5.41, 5.74) is 2.47. The molecule has 2 atom stereocenters. The zero-order valence-corrected chi connectivity index (χ0v) is 27.8. The van der Waals surface area contributed by atoms with E-state index in [1.54, 1.807) is 0 Å². The van der Waals surface area contributed by atoms with E-state index in [2.05, 4.69) is 194 Å². The quantitative estimate of drug-likeness (QED) is 0.0945. The van der Waals surface area contributed by atoms with Gasteiger partial charge < -0.3 is 5.32 Å². The first-order valence-electron chi connectivity index (χ1n) is 16.0. The third-order valence-electron chi connectivity index (χ3n) is 8.12. The van der Waals surface area contributed by atoms with E-state index in [-0.39, 0.29) is 12.1 Å². The summed E-state index contributed by atoms with van der Waals surface area (Å²) in [6.45, 7) is 0.884. The SMILES string of the molecule is C(/CP(c1ccccc1)c1ccccc1)=N\[C@@H](c1ccccc1)C(NCCP(c1ccccc1)c1ccccc1)c1ccccc1. The lowest BCUT2D eigenvalue weighted by atomic mass is 9.93.